The Morgan fingerprint density at radius 2 is 1.82 bits per heavy atom. The van der Waals surface area contributed by atoms with E-state index in [4.69, 9.17) is 23.2 Å². The average Bonchev–Trinajstić information content (AvgIpc) is 2.48. The fourth-order valence-corrected chi connectivity index (χ4v) is 3.95. The van der Waals surface area contributed by atoms with Crippen molar-refractivity contribution in [1.82, 2.24) is 0 Å². The third-order valence-corrected chi connectivity index (χ3v) is 5.33. The van der Waals surface area contributed by atoms with Gasteiger partial charge in [-0.1, -0.05) is 54.7 Å². The van der Waals surface area contributed by atoms with Gasteiger partial charge >= 0.3 is 0 Å². The first kappa shape index (κ1) is 17.1. The molecule has 2 rings (SSSR count). The molecule has 2 aromatic rings. The number of unbranched alkanes of at least 4 members (excludes halogenated alkanes) is 1. The molecule has 0 amide bonds. The van der Waals surface area contributed by atoms with Crippen LogP contribution in [0.3, 0.4) is 0 Å². The molecule has 3 nitrogen and oxygen atoms in total. The first-order valence-corrected chi connectivity index (χ1v) is 9.23. The number of para-hydroxylation sites is 1. The highest BCUT2D eigenvalue weighted by Crippen LogP contribution is 2.28. The molecule has 6 heteroatoms. The molecule has 0 aliphatic rings. The summed E-state index contributed by atoms with van der Waals surface area (Å²) in [6, 6.07) is 11.7. The number of sulfonamides is 1. The summed E-state index contributed by atoms with van der Waals surface area (Å²) in [6.45, 7) is 2.10. The minimum atomic E-state index is -3.78. The highest BCUT2D eigenvalue weighted by Gasteiger charge is 2.19. The van der Waals surface area contributed by atoms with Gasteiger partial charge in [-0.15, -0.1) is 0 Å². The Labute approximate surface area is 141 Å². The van der Waals surface area contributed by atoms with Crippen molar-refractivity contribution in [2.45, 2.75) is 31.1 Å². The summed E-state index contributed by atoms with van der Waals surface area (Å²) in [5.74, 6) is 0. The van der Waals surface area contributed by atoms with Crippen molar-refractivity contribution in [3.8, 4) is 0 Å². The zero-order valence-corrected chi connectivity index (χ0v) is 14.5. The van der Waals surface area contributed by atoms with Crippen LogP contribution in [0, 0.1) is 0 Å². The van der Waals surface area contributed by atoms with Crippen LogP contribution in [-0.4, -0.2) is 8.42 Å². The Bertz CT molecular complexity index is 760. The van der Waals surface area contributed by atoms with Crippen LogP contribution in [0.5, 0.6) is 0 Å². The van der Waals surface area contributed by atoms with Crippen molar-refractivity contribution >= 4 is 38.9 Å². The fourth-order valence-electron chi connectivity index (χ4n) is 2.09. The van der Waals surface area contributed by atoms with Gasteiger partial charge in [0.2, 0.25) is 0 Å². The van der Waals surface area contributed by atoms with Gasteiger partial charge in [-0.05, 0) is 42.7 Å². The van der Waals surface area contributed by atoms with E-state index in [0.717, 1.165) is 24.8 Å². The van der Waals surface area contributed by atoms with Crippen molar-refractivity contribution in [2.24, 2.45) is 0 Å². The predicted molar refractivity (Wildman–Crippen MR) is 92.3 cm³/mol. The summed E-state index contributed by atoms with van der Waals surface area (Å²) in [4.78, 5) is -0.0213. The lowest BCUT2D eigenvalue weighted by molar-refractivity contribution is 0.601. The molecule has 0 unspecified atom stereocenters. The van der Waals surface area contributed by atoms with Gasteiger partial charge in [-0.25, -0.2) is 8.42 Å². The number of anilines is 1. The van der Waals surface area contributed by atoms with Gasteiger partial charge < -0.3 is 0 Å². The molecule has 0 saturated carbocycles. The molecule has 0 spiro atoms. The maximum Gasteiger partial charge on any atom is 0.263 e. The summed E-state index contributed by atoms with van der Waals surface area (Å²) in [7, 11) is -3.78. The minimum absolute atomic E-state index is 0.0213. The summed E-state index contributed by atoms with van der Waals surface area (Å²) >= 11 is 11.9. The summed E-state index contributed by atoms with van der Waals surface area (Å²) in [5.41, 5.74) is 1.54. The molecule has 0 atom stereocenters. The molecule has 22 heavy (non-hydrogen) atoms. The molecule has 0 aliphatic carbocycles. The van der Waals surface area contributed by atoms with Crippen LogP contribution in [0.15, 0.2) is 47.4 Å². The van der Waals surface area contributed by atoms with Gasteiger partial charge in [0.1, 0.15) is 4.90 Å². The molecule has 0 bridgehead atoms. The zero-order chi connectivity index (χ0) is 16.2. The first-order chi connectivity index (χ1) is 10.4. The Morgan fingerprint density at radius 3 is 2.55 bits per heavy atom. The molecule has 0 saturated heterocycles. The van der Waals surface area contributed by atoms with Gasteiger partial charge in [0, 0.05) is 5.02 Å². The highest BCUT2D eigenvalue weighted by atomic mass is 35.5. The SMILES string of the molecule is CCCCc1ccccc1NS(=O)(=O)c1cc(Cl)ccc1Cl. The van der Waals surface area contributed by atoms with Crippen LogP contribution >= 0.6 is 23.2 Å². The Morgan fingerprint density at radius 1 is 1.09 bits per heavy atom. The van der Waals surface area contributed by atoms with Crippen LogP contribution < -0.4 is 4.72 Å². The van der Waals surface area contributed by atoms with Crippen molar-refractivity contribution in [3.63, 3.8) is 0 Å². The third-order valence-electron chi connectivity index (χ3n) is 3.24. The summed E-state index contributed by atoms with van der Waals surface area (Å²) in [6.07, 6.45) is 2.86. The van der Waals surface area contributed by atoms with Gasteiger partial charge in [0.05, 0.1) is 10.7 Å². The quantitative estimate of drug-likeness (QED) is 0.777. The van der Waals surface area contributed by atoms with Crippen LogP contribution in [0.25, 0.3) is 0 Å². The van der Waals surface area contributed by atoms with E-state index in [2.05, 4.69) is 11.6 Å². The lowest BCUT2D eigenvalue weighted by atomic mass is 10.1. The molecular weight excluding hydrogens is 341 g/mol. The van der Waals surface area contributed by atoms with Gasteiger partial charge in [-0.2, -0.15) is 0 Å². The first-order valence-electron chi connectivity index (χ1n) is 7.00. The minimum Gasteiger partial charge on any atom is -0.279 e. The lowest BCUT2D eigenvalue weighted by Gasteiger charge is -2.13. The highest BCUT2D eigenvalue weighted by molar-refractivity contribution is 7.92. The zero-order valence-electron chi connectivity index (χ0n) is 12.1. The maximum absolute atomic E-state index is 12.5. The number of aryl methyl sites for hydroxylation is 1. The number of hydrogen-bond acceptors (Lipinski definition) is 2. The third kappa shape index (κ3) is 4.15. The van der Waals surface area contributed by atoms with Crippen molar-refractivity contribution in [1.29, 1.82) is 0 Å². The number of rotatable bonds is 6. The molecule has 118 valence electrons. The fraction of sp³-hybridized carbons (Fsp3) is 0.250. The lowest BCUT2D eigenvalue weighted by Crippen LogP contribution is -2.14. The molecule has 1 N–H and O–H groups in total. The van der Waals surface area contributed by atoms with E-state index < -0.39 is 10.0 Å². The second-order valence-corrected chi connectivity index (χ2v) is 7.44. The van der Waals surface area contributed by atoms with Crippen LogP contribution in [0.4, 0.5) is 5.69 Å². The van der Waals surface area contributed by atoms with E-state index in [9.17, 15) is 8.42 Å². The van der Waals surface area contributed by atoms with Gasteiger partial charge in [0.15, 0.2) is 0 Å². The molecule has 0 aliphatic heterocycles. The topological polar surface area (TPSA) is 46.2 Å². The van der Waals surface area contributed by atoms with Crippen molar-refractivity contribution < 1.29 is 8.42 Å². The van der Waals surface area contributed by atoms with Crippen LogP contribution in [0.2, 0.25) is 10.0 Å². The Hall–Kier alpha value is -1.23. The van der Waals surface area contributed by atoms with E-state index in [-0.39, 0.29) is 9.92 Å². The second-order valence-electron chi connectivity index (χ2n) is 4.94. The van der Waals surface area contributed by atoms with Crippen LogP contribution in [0.1, 0.15) is 25.3 Å². The van der Waals surface area contributed by atoms with E-state index in [1.54, 1.807) is 18.2 Å². The van der Waals surface area contributed by atoms with Gasteiger partial charge in [0.25, 0.3) is 10.0 Å². The normalized spacial score (nSPS) is 11.4. The Balaban J connectivity index is 2.35. The maximum atomic E-state index is 12.5. The van der Waals surface area contributed by atoms with Crippen molar-refractivity contribution in [2.75, 3.05) is 4.72 Å². The van der Waals surface area contributed by atoms with E-state index in [0.29, 0.717) is 10.7 Å². The molecule has 0 fully saturated rings. The molecule has 0 radical (unpaired) electrons. The summed E-state index contributed by atoms with van der Waals surface area (Å²) < 4.78 is 27.7. The van der Waals surface area contributed by atoms with E-state index in [1.807, 2.05) is 12.1 Å². The number of benzene rings is 2. The average molecular weight is 358 g/mol. The number of hydrogen-bond donors (Lipinski definition) is 1. The van der Waals surface area contributed by atoms with Crippen LogP contribution in [-0.2, 0) is 16.4 Å². The smallest absolute Gasteiger partial charge is 0.263 e. The largest absolute Gasteiger partial charge is 0.279 e. The Kier molecular flexibility index (Phi) is 5.73. The molecule has 2 aromatic carbocycles. The molecular formula is C16H17Cl2NO2S. The van der Waals surface area contributed by atoms with E-state index in [1.165, 1.54) is 12.1 Å². The molecule has 0 heterocycles. The summed E-state index contributed by atoms with van der Waals surface area (Å²) in [5, 5.41) is 0.465. The number of halogens is 2. The molecule has 0 aromatic heterocycles. The standard InChI is InChI=1S/C16H17Cl2NO2S/c1-2-3-6-12-7-4-5-8-15(12)19-22(20,21)16-11-13(17)9-10-14(16)18/h4-5,7-11,19H,2-3,6H2,1H3. The monoisotopic (exact) mass is 357 g/mol. The number of nitrogens with one attached hydrogen (secondary N) is 1. The van der Waals surface area contributed by atoms with Gasteiger partial charge in [-0.3, -0.25) is 4.72 Å². The second kappa shape index (κ2) is 7.36. The van der Waals surface area contributed by atoms with E-state index >= 15 is 0 Å². The van der Waals surface area contributed by atoms with Crippen molar-refractivity contribution in [3.05, 3.63) is 58.1 Å². The predicted octanol–water partition coefficient (Wildman–Crippen LogP) is 5.14.